The van der Waals surface area contributed by atoms with Crippen LogP contribution in [0, 0.1) is 0 Å². The number of nitrogens with one attached hydrogen (secondary N) is 1. The Balaban J connectivity index is 1.54. The Kier molecular flexibility index (Phi) is 8.42. The molecule has 0 atom stereocenters. The molecule has 3 N–H and O–H groups in total. The van der Waals surface area contributed by atoms with Gasteiger partial charge in [-0.1, -0.05) is 24.8 Å². The molecule has 1 aliphatic rings. The summed E-state index contributed by atoms with van der Waals surface area (Å²) in [5.74, 6) is 0.561. The van der Waals surface area contributed by atoms with E-state index in [-0.39, 0.29) is 5.56 Å². The SMILES string of the molecule is [B]c1ccc(CNC2CCN(CCn3c(/C=C(\C=C)OC)c(N)ccc3=O)CC2)cc1[B]. The molecule has 1 fully saturated rings. The molecule has 1 aromatic heterocycles. The maximum Gasteiger partial charge on any atom is 0.251 e. The van der Waals surface area contributed by atoms with Crippen LogP contribution in [0.4, 0.5) is 5.69 Å². The molecule has 1 aromatic carbocycles. The predicted octanol–water partition coefficient (Wildman–Crippen LogP) is 0.446. The molecule has 0 bridgehead atoms. The van der Waals surface area contributed by atoms with Crippen LogP contribution in [0.2, 0.25) is 0 Å². The number of benzene rings is 1. The maximum atomic E-state index is 12.5. The summed E-state index contributed by atoms with van der Waals surface area (Å²) in [6.45, 7) is 7.79. The molecule has 6 nitrogen and oxygen atoms in total. The third kappa shape index (κ3) is 6.17. The minimum absolute atomic E-state index is 0.0794. The topological polar surface area (TPSA) is 72.5 Å². The zero-order valence-corrected chi connectivity index (χ0v) is 18.7. The van der Waals surface area contributed by atoms with Gasteiger partial charge in [0.15, 0.2) is 0 Å². The molecular weight excluding hydrogens is 398 g/mol. The van der Waals surface area contributed by atoms with Crippen LogP contribution < -0.4 is 27.5 Å². The van der Waals surface area contributed by atoms with Crippen molar-refractivity contribution >= 4 is 38.4 Å². The number of allylic oxidation sites excluding steroid dienone is 1. The van der Waals surface area contributed by atoms with Crippen LogP contribution in [0.1, 0.15) is 24.1 Å². The van der Waals surface area contributed by atoms with Crippen LogP contribution in [0.15, 0.2) is 53.5 Å². The van der Waals surface area contributed by atoms with Crippen LogP contribution in [-0.4, -0.2) is 57.9 Å². The summed E-state index contributed by atoms with van der Waals surface area (Å²) in [4.78, 5) is 14.9. The van der Waals surface area contributed by atoms with Gasteiger partial charge in [0.25, 0.3) is 5.56 Å². The Bertz CT molecular complexity index is 1030. The molecular formula is C24H30B2N4O2. The number of likely N-dealkylation sites (tertiary alicyclic amines) is 1. The Labute approximate surface area is 193 Å². The summed E-state index contributed by atoms with van der Waals surface area (Å²) in [7, 11) is 13.2. The fourth-order valence-electron chi connectivity index (χ4n) is 3.94. The third-order valence-electron chi connectivity index (χ3n) is 5.95. The van der Waals surface area contributed by atoms with E-state index < -0.39 is 0 Å². The summed E-state index contributed by atoms with van der Waals surface area (Å²) in [5.41, 5.74) is 9.61. The van der Waals surface area contributed by atoms with Gasteiger partial charge in [0.2, 0.25) is 0 Å². The first-order valence-corrected chi connectivity index (χ1v) is 10.9. The standard InChI is InChI=1S/C24H30B2N4O2/c1-3-19(32-2)15-23-22(27)6-7-24(31)30(23)13-12-29-10-8-18(9-11-29)28-16-17-4-5-20(25)21(26)14-17/h3-7,14-15,18,28H,1,8-13,16,27H2,2H3/b19-15+. The molecule has 1 saturated heterocycles. The van der Waals surface area contributed by atoms with Crippen molar-refractivity contribution < 1.29 is 4.74 Å². The number of aromatic nitrogens is 1. The van der Waals surface area contributed by atoms with Gasteiger partial charge < -0.3 is 25.3 Å². The average molecular weight is 428 g/mol. The lowest BCUT2D eigenvalue weighted by Gasteiger charge is -2.32. The van der Waals surface area contributed by atoms with Crippen molar-refractivity contribution in [2.24, 2.45) is 0 Å². The molecule has 2 heterocycles. The van der Waals surface area contributed by atoms with E-state index in [0.29, 0.717) is 40.7 Å². The normalized spacial score (nSPS) is 15.6. The first kappa shape index (κ1) is 24.0. The van der Waals surface area contributed by atoms with Crippen molar-refractivity contribution in [1.82, 2.24) is 14.8 Å². The molecule has 3 rings (SSSR count). The lowest BCUT2D eigenvalue weighted by molar-refractivity contribution is 0.190. The second-order valence-corrected chi connectivity index (χ2v) is 8.08. The molecule has 0 saturated carbocycles. The number of nitrogens with two attached hydrogens (primary N) is 1. The van der Waals surface area contributed by atoms with Gasteiger partial charge in [0.1, 0.15) is 21.5 Å². The van der Waals surface area contributed by atoms with E-state index in [9.17, 15) is 4.79 Å². The first-order valence-electron chi connectivity index (χ1n) is 10.9. The van der Waals surface area contributed by atoms with Crippen LogP contribution in [0.5, 0.6) is 0 Å². The number of rotatable bonds is 9. The van der Waals surface area contributed by atoms with Crippen molar-refractivity contribution in [3.63, 3.8) is 0 Å². The number of hydrogen-bond donors (Lipinski definition) is 2. The van der Waals surface area contributed by atoms with Crippen molar-refractivity contribution in [1.29, 1.82) is 0 Å². The number of pyridine rings is 1. The lowest BCUT2D eigenvalue weighted by atomic mass is 9.80. The highest BCUT2D eigenvalue weighted by atomic mass is 16.5. The Morgan fingerprint density at radius 3 is 2.62 bits per heavy atom. The Morgan fingerprint density at radius 1 is 1.22 bits per heavy atom. The van der Waals surface area contributed by atoms with E-state index in [1.165, 1.54) is 6.07 Å². The number of ether oxygens (including phenoxy) is 1. The number of nitrogens with zero attached hydrogens (tertiary/aromatic N) is 2. The van der Waals surface area contributed by atoms with Gasteiger partial charge in [-0.05, 0) is 43.6 Å². The predicted molar refractivity (Wildman–Crippen MR) is 134 cm³/mol. The van der Waals surface area contributed by atoms with Gasteiger partial charge in [-0.2, -0.15) is 0 Å². The fourth-order valence-corrected chi connectivity index (χ4v) is 3.94. The largest absolute Gasteiger partial charge is 0.497 e. The smallest absolute Gasteiger partial charge is 0.251 e. The summed E-state index contributed by atoms with van der Waals surface area (Å²) in [6.07, 6.45) is 5.45. The van der Waals surface area contributed by atoms with Gasteiger partial charge in [-0.25, -0.2) is 0 Å². The second-order valence-electron chi connectivity index (χ2n) is 8.08. The molecule has 32 heavy (non-hydrogen) atoms. The van der Waals surface area contributed by atoms with Crippen molar-refractivity contribution in [3.05, 3.63) is 70.4 Å². The van der Waals surface area contributed by atoms with Crippen molar-refractivity contribution in [2.75, 3.05) is 32.5 Å². The van der Waals surface area contributed by atoms with Gasteiger partial charge in [-0.3, -0.25) is 4.79 Å². The average Bonchev–Trinajstić information content (AvgIpc) is 2.80. The fraction of sp³-hybridized carbons (Fsp3) is 0.375. The molecule has 8 heteroatoms. The molecule has 0 spiro atoms. The van der Waals surface area contributed by atoms with E-state index in [1.54, 1.807) is 29.9 Å². The summed E-state index contributed by atoms with van der Waals surface area (Å²) < 4.78 is 6.97. The van der Waals surface area contributed by atoms with E-state index in [1.807, 2.05) is 18.2 Å². The zero-order chi connectivity index (χ0) is 23.1. The summed E-state index contributed by atoms with van der Waals surface area (Å²) >= 11 is 0. The molecule has 2 aromatic rings. The first-order chi connectivity index (χ1) is 15.4. The van der Waals surface area contributed by atoms with E-state index in [0.717, 1.165) is 44.6 Å². The number of methoxy groups -OCH3 is 1. The van der Waals surface area contributed by atoms with E-state index in [4.69, 9.17) is 26.2 Å². The zero-order valence-electron chi connectivity index (χ0n) is 18.7. The van der Waals surface area contributed by atoms with Gasteiger partial charge in [-0.15, -0.1) is 10.9 Å². The molecule has 4 radical (unpaired) electrons. The highest BCUT2D eigenvalue weighted by molar-refractivity contribution is 6.48. The minimum atomic E-state index is -0.0794. The lowest BCUT2D eigenvalue weighted by Crippen LogP contribution is -2.43. The van der Waals surface area contributed by atoms with Crippen molar-refractivity contribution in [2.45, 2.75) is 32.0 Å². The van der Waals surface area contributed by atoms with Gasteiger partial charge in [0.05, 0.1) is 18.5 Å². The van der Waals surface area contributed by atoms with Crippen LogP contribution in [-0.2, 0) is 17.8 Å². The molecule has 164 valence electrons. The van der Waals surface area contributed by atoms with Crippen molar-refractivity contribution in [3.8, 4) is 0 Å². The van der Waals surface area contributed by atoms with Gasteiger partial charge >= 0.3 is 0 Å². The van der Waals surface area contributed by atoms with E-state index in [2.05, 4.69) is 16.8 Å². The number of piperidine rings is 1. The monoisotopic (exact) mass is 428 g/mol. The minimum Gasteiger partial charge on any atom is -0.497 e. The summed E-state index contributed by atoms with van der Waals surface area (Å²) in [6, 6.07) is 9.37. The number of hydrogen-bond acceptors (Lipinski definition) is 5. The second kappa shape index (κ2) is 11.2. The highest BCUT2D eigenvalue weighted by Gasteiger charge is 2.19. The molecule has 0 unspecified atom stereocenters. The highest BCUT2D eigenvalue weighted by Crippen LogP contribution is 2.16. The van der Waals surface area contributed by atoms with Crippen LogP contribution in [0.25, 0.3) is 6.08 Å². The third-order valence-corrected chi connectivity index (χ3v) is 5.95. The Morgan fingerprint density at radius 2 is 1.97 bits per heavy atom. The molecule has 0 aliphatic carbocycles. The number of nitrogen functional groups attached to an aromatic ring is 1. The maximum absolute atomic E-state index is 12.5. The summed E-state index contributed by atoms with van der Waals surface area (Å²) in [5, 5.41) is 3.61. The molecule has 0 amide bonds. The number of anilines is 1. The van der Waals surface area contributed by atoms with E-state index >= 15 is 0 Å². The molecule has 1 aliphatic heterocycles. The van der Waals surface area contributed by atoms with Crippen LogP contribution in [0.3, 0.4) is 0 Å². The van der Waals surface area contributed by atoms with Crippen LogP contribution >= 0.6 is 0 Å². The van der Waals surface area contributed by atoms with Gasteiger partial charge in [0, 0.05) is 37.8 Å². The Hall–Kier alpha value is -2.70. The quantitative estimate of drug-likeness (QED) is 0.345.